The van der Waals surface area contributed by atoms with Gasteiger partial charge in [-0.2, -0.15) is 0 Å². The summed E-state index contributed by atoms with van der Waals surface area (Å²) in [6.07, 6.45) is 7.44. The molecule has 1 aromatic heterocycles. The third kappa shape index (κ3) is 1.48. The molecule has 1 heterocycles. The Bertz CT molecular complexity index is 281. The van der Waals surface area contributed by atoms with E-state index in [0.29, 0.717) is 5.92 Å². The van der Waals surface area contributed by atoms with E-state index in [9.17, 15) is 5.11 Å². The molecule has 0 aliphatic heterocycles. The van der Waals surface area contributed by atoms with Gasteiger partial charge in [0, 0.05) is 11.9 Å². The number of hydrogen-bond donors (Lipinski definition) is 2. The summed E-state index contributed by atoms with van der Waals surface area (Å²) in [5.74, 6) is 0.426. The molecule has 1 aliphatic rings. The van der Waals surface area contributed by atoms with E-state index in [0.717, 1.165) is 31.4 Å². The van der Waals surface area contributed by atoms with E-state index < -0.39 is 5.60 Å². The van der Waals surface area contributed by atoms with Crippen LogP contribution in [-0.4, -0.2) is 10.1 Å². The quantitative estimate of drug-likeness (QED) is 0.744. The molecule has 14 heavy (non-hydrogen) atoms. The Balaban J connectivity index is 2.27. The lowest BCUT2D eigenvalue weighted by molar-refractivity contribution is -0.0588. The summed E-state index contributed by atoms with van der Waals surface area (Å²) >= 11 is 0. The molecule has 2 N–H and O–H groups in total. The van der Waals surface area contributed by atoms with Crippen molar-refractivity contribution in [2.24, 2.45) is 5.92 Å². The van der Waals surface area contributed by atoms with Crippen molar-refractivity contribution in [1.82, 2.24) is 4.98 Å². The standard InChI is InChI=1S/C12H19NO/c1-2-10-6-3-4-8-12(10,14)11-7-5-9-13-11/h5,7,9-10,13-14H,2-4,6,8H2,1H3. The van der Waals surface area contributed by atoms with E-state index in [1.165, 1.54) is 6.42 Å². The number of nitrogens with one attached hydrogen (secondary N) is 1. The molecule has 0 aromatic carbocycles. The van der Waals surface area contributed by atoms with Gasteiger partial charge in [0.2, 0.25) is 0 Å². The van der Waals surface area contributed by atoms with Crippen molar-refractivity contribution >= 4 is 0 Å². The van der Waals surface area contributed by atoms with Gasteiger partial charge in [0.15, 0.2) is 0 Å². The molecular weight excluding hydrogens is 174 g/mol. The van der Waals surface area contributed by atoms with Crippen molar-refractivity contribution in [2.75, 3.05) is 0 Å². The van der Waals surface area contributed by atoms with Crippen LogP contribution in [0.5, 0.6) is 0 Å². The summed E-state index contributed by atoms with van der Waals surface area (Å²) in [4.78, 5) is 3.16. The lowest BCUT2D eigenvalue weighted by Crippen LogP contribution is -2.37. The van der Waals surface area contributed by atoms with E-state index >= 15 is 0 Å². The summed E-state index contributed by atoms with van der Waals surface area (Å²) in [5, 5.41) is 10.7. The fourth-order valence-corrected chi connectivity index (χ4v) is 2.72. The smallest absolute Gasteiger partial charge is 0.107 e. The SMILES string of the molecule is CCC1CCCCC1(O)c1ccc[nH]1. The third-order valence-electron chi connectivity index (χ3n) is 3.59. The molecule has 0 spiro atoms. The first-order valence-electron chi connectivity index (χ1n) is 5.63. The fraction of sp³-hybridized carbons (Fsp3) is 0.667. The van der Waals surface area contributed by atoms with Crippen molar-refractivity contribution in [3.63, 3.8) is 0 Å². The maximum absolute atomic E-state index is 10.7. The number of aromatic amines is 1. The molecule has 78 valence electrons. The van der Waals surface area contributed by atoms with Gasteiger partial charge in [-0.3, -0.25) is 0 Å². The summed E-state index contributed by atoms with van der Waals surface area (Å²) in [6, 6.07) is 3.97. The van der Waals surface area contributed by atoms with Gasteiger partial charge in [0.25, 0.3) is 0 Å². The average molecular weight is 193 g/mol. The Labute approximate surface area is 85.3 Å². The molecule has 2 unspecified atom stereocenters. The fourth-order valence-electron chi connectivity index (χ4n) is 2.72. The minimum Gasteiger partial charge on any atom is -0.383 e. The predicted molar refractivity (Wildman–Crippen MR) is 56.9 cm³/mol. The number of rotatable bonds is 2. The van der Waals surface area contributed by atoms with E-state index in [1.54, 1.807) is 0 Å². The van der Waals surface area contributed by atoms with Crippen LogP contribution in [0, 0.1) is 5.92 Å². The second kappa shape index (κ2) is 3.77. The largest absolute Gasteiger partial charge is 0.383 e. The first kappa shape index (κ1) is 9.78. The molecule has 1 aliphatic carbocycles. The molecule has 0 bridgehead atoms. The van der Waals surface area contributed by atoms with Crippen LogP contribution in [0.1, 0.15) is 44.7 Å². The maximum atomic E-state index is 10.7. The molecule has 0 amide bonds. The molecule has 1 saturated carbocycles. The molecule has 2 rings (SSSR count). The molecule has 2 heteroatoms. The number of hydrogen-bond acceptors (Lipinski definition) is 1. The van der Waals surface area contributed by atoms with E-state index in [1.807, 2.05) is 18.3 Å². The van der Waals surface area contributed by atoms with Gasteiger partial charge in [-0.05, 0) is 30.9 Å². The molecule has 0 radical (unpaired) electrons. The van der Waals surface area contributed by atoms with Gasteiger partial charge in [-0.15, -0.1) is 0 Å². The minimum absolute atomic E-state index is 0.426. The Morgan fingerprint density at radius 2 is 2.43 bits per heavy atom. The van der Waals surface area contributed by atoms with E-state index in [2.05, 4.69) is 11.9 Å². The zero-order valence-electron chi connectivity index (χ0n) is 8.79. The van der Waals surface area contributed by atoms with Gasteiger partial charge in [0.1, 0.15) is 5.60 Å². The van der Waals surface area contributed by atoms with Crippen molar-refractivity contribution in [2.45, 2.75) is 44.6 Å². The van der Waals surface area contributed by atoms with Crippen molar-refractivity contribution in [3.8, 4) is 0 Å². The summed E-state index contributed by atoms with van der Waals surface area (Å²) in [5.41, 5.74) is 0.417. The number of aliphatic hydroxyl groups is 1. The zero-order chi connectivity index (χ0) is 10.0. The van der Waals surface area contributed by atoms with Crippen LogP contribution in [-0.2, 0) is 5.60 Å². The Hall–Kier alpha value is -0.760. The van der Waals surface area contributed by atoms with Crippen LogP contribution in [0.4, 0.5) is 0 Å². The van der Waals surface area contributed by atoms with Crippen LogP contribution in [0.15, 0.2) is 18.3 Å². The van der Waals surface area contributed by atoms with Crippen LogP contribution >= 0.6 is 0 Å². The monoisotopic (exact) mass is 193 g/mol. The van der Waals surface area contributed by atoms with Crippen molar-refractivity contribution in [3.05, 3.63) is 24.0 Å². The van der Waals surface area contributed by atoms with Gasteiger partial charge in [-0.25, -0.2) is 0 Å². The highest BCUT2D eigenvalue weighted by Gasteiger charge is 2.39. The minimum atomic E-state index is -0.587. The number of H-pyrrole nitrogens is 1. The highest BCUT2D eigenvalue weighted by Crippen LogP contribution is 2.42. The summed E-state index contributed by atoms with van der Waals surface area (Å²) in [6.45, 7) is 2.17. The predicted octanol–water partition coefficient (Wildman–Crippen LogP) is 2.80. The Kier molecular flexibility index (Phi) is 2.64. The molecule has 2 nitrogen and oxygen atoms in total. The van der Waals surface area contributed by atoms with Gasteiger partial charge in [-0.1, -0.05) is 26.2 Å². The summed E-state index contributed by atoms with van der Waals surface area (Å²) < 4.78 is 0. The topological polar surface area (TPSA) is 36.0 Å². The molecule has 1 fully saturated rings. The van der Waals surface area contributed by atoms with E-state index in [4.69, 9.17) is 0 Å². The summed E-state index contributed by atoms with van der Waals surface area (Å²) in [7, 11) is 0. The highest BCUT2D eigenvalue weighted by molar-refractivity contribution is 5.15. The van der Waals surface area contributed by atoms with E-state index in [-0.39, 0.29) is 0 Å². The van der Waals surface area contributed by atoms with Gasteiger partial charge in [0.05, 0.1) is 0 Å². The second-order valence-electron chi connectivity index (χ2n) is 4.36. The first-order valence-corrected chi connectivity index (χ1v) is 5.63. The lowest BCUT2D eigenvalue weighted by Gasteiger charge is -2.39. The Morgan fingerprint density at radius 1 is 1.57 bits per heavy atom. The third-order valence-corrected chi connectivity index (χ3v) is 3.59. The average Bonchev–Trinajstić information content (AvgIpc) is 2.72. The van der Waals surface area contributed by atoms with Crippen LogP contribution < -0.4 is 0 Å². The van der Waals surface area contributed by atoms with Gasteiger partial charge < -0.3 is 10.1 Å². The normalized spacial score (nSPS) is 33.1. The van der Waals surface area contributed by atoms with Crippen molar-refractivity contribution in [1.29, 1.82) is 0 Å². The number of aromatic nitrogens is 1. The molecule has 1 aromatic rings. The highest BCUT2D eigenvalue weighted by atomic mass is 16.3. The van der Waals surface area contributed by atoms with Crippen LogP contribution in [0.2, 0.25) is 0 Å². The Morgan fingerprint density at radius 3 is 3.07 bits per heavy atom. The van der Waals surface area contributed by atoms with Crippen LogP contribution in [0.25, 0.3) is 0 Å². The van der Waals surface area contributed by atoms with Gasteiger partial charge >= 0.3 is 0 Å². The first-order chi connectivity index (χ1) is 6.77. The maximum Gasteiger partial charge on any atom is 0.107 e. The second-order valence-corrected chi connectivity index (χ2v) is 4.36. The van der Waals surface area contributed by atoms with Crippen molar-refractivity contribution < 1.29 is 5.11 Å². The molecular formula is C12H19NO. The lowest BCUT2D eigenvalue weighted by atomic mass is 9.72. The molecule has 0 saturated heterocycles. The van der Waals surface area contributed by atoms with Crippen LogP contribution in [0.3, 0.4) is 0 Å². The molecule has 2 atom stereocenters. The zero-order valence-corrected chi connectivity index (χ0v) is 8.79.